The Morgan fingerprint density at radius 1 is 1.14 bits per heavy atom. The molecule has 1 aliphatic heterocycles. The van der Waals surface area contributed by atoms with E-state index >= 15 is 0 Å². The molecule has 1 aliphatic rings. The number of anilines is 1. The molecule has 0 N–H and O–H groups in total. The Labute approximate surface area is 172 Å². The van der Waals surface area contributed by atoms with E-state index in [0.29, 0.717) is 35.5 Å². The highest BCUT2D eigenvalue weighted by atomic mass is 32.2. The van der Waals surface area contributed by atoms with Gasteiger partial charge in [-0.1, -0.05) is 18.2 Å². The number of sulfonamides is 1. The van der Waals surface area contributed by atoms with Gasteiger partial charge in [0.15, 0.2) is 12.4 Å². The highest BCUT2D eigenvalue weighted by molar-refractivity contribution is 7.92. The first kappa shape index (κ1) is 19.6. The molecule has 0 spiro atoms. The van der Waals surface area contributed by atoms with Gasteiger partial charge in [0.1, 0.15) is 4.88 Å². The van der Waals surface area contributed by atoms with Crippen molar-refractivity contribution in [2.24, 2.45) is 0 Å². The van der Waals surface area contributed by atoms with Crippen LogP contribution in [0.25, 0.3) is 10.1 Å². The highest BCUT2D eigenvalue weighted by Gasteiger charge is 2.25. The fourth-order valence-electron chi connectivity index (χ4n) is 3.45. The van der Waals surface area contributed by atoms with Crippen molar-refractivity contribution in [2.45, 2.75) is 12.8 Å². The van der Waals surface area contributed by atoms with Crippen molar-refractivity contribution in [3.63, 3.8) is 0 Å². The smallest absolute Gasteiger partial charge is 0.348 e. The van der Waals surface area contributed by atoms with Crippen LogP contribution in [-0.4, -0.2) is 39.6 Å². The van der Waals surface area contributed by atoms with E-state index in [1.54, 1.807) is 24.3 Å². The van der Waals surface area contributed by atoms with Crippen LogP contribution in [0.5, 0.6) is 0 Å². The molecular weight excluding hydrogens is 410 g/mol. The summed E-state index contributed by atoms with van der Waals surface area (Å²) in [6, 6.07) is 14.3. The van der Waals surface area contributed by atoms with Crippen LogP contribution in [0.2, 0.25) is 0 Å². The minimum atomic E-state index is -3.36. The van der Waals surface area contributed by atoms with E-state index in [9.17, 15) is 18.0 Å². The number of ketones is 1. The van der Waals surface area contributed by atoms with E-state index in [0.717, 1.165) is 15.6 Å². The molecule has 3 aromatic rings. The molecule has 150 valence electrons. The van der Waals surface area contributed by atoms with E-state index in [-0.39, 0.29) is 12.4 Å². The van der Waals surface area contributed by atoms with Gasteiger partial charge in [0.05, 0.1) is 11.9 Å². The molecule has 0 saturated heterocycles. The summed E-state index contributed by atoms with van der Waals surface area (Å²) >= 11 is 1.33. The second-order valence-corrected chi connectivity index (χ2v) is 9.92. The standard InChI is InChI=1S/C21H19NO5S2/c1-29(25,26)22-10-4-6-14-11-15(8-9-17(14)22)18(23)13-27-21(24)20-12-16-5-2-3-7-19(16)28-20/h2-3,5,7-9,11-12H,4,6,10,13H2,1H3. The molecule has 2 heterocycles. The van der Waals surface area contributed by atoms with E-state index < -0.39 is 16.0 Å². The number of hydrogen-bond donors (Lipinski definition) is 0. The highest BCUT2D eigenvalue weighted by Crippen LogP contribution is 2.30. The first-order valence-corrected chi connectivity index (χ1v) is 11.8. The number of esters is 1. The molecule has 2 aromatic carbocycles. The SMILES string of the molecule is CS(=O)(=O)N1CCCc2cc(C(=O)COC(=O)c3cc4ccccc4s3)ccc21. The lowest BCUT2D eigenvalue weighted by molar-refractivity contribution is 0.0479. The van der Waals surface area contributed by atoms with Crippen molar-refractivity contribution in [2.75, 3.05) is 23.7 Å². The summed E-state index contributed by atoms with van der Waals surface area (Å²) in [6.07, 6.45) is 2.57. The number of aryl methyl sites for hydroxylation is 1. The van der Waals surface area contributed by atoms with Gasteiger partial charge in [-0.3, -0.25) is 9.10 Å². The van der Waals surface area contributed by atoms with Gasteiger partial charge in [0, 0.05) is 16.8 Å². The molecule has 8 heteroatoms. The quantitative estimate of drug-likeness (QED) is 0.457. The third-order valence-corrected chi connectivity index (χ3v) is 7.11. The normalized spacial score (nSPS) is 13.9. The van der Waals surface area contributed by atoms with Gasteiger partial charge in [-0.15, -0.1) is 11.3 Å². The Morgan fingerprint density at radius 3 is 2.69 bits per heavy atom. The van der Waals surface area contributed by atoms with E-state index in [2.05, 4.69) is 0 Å². The van der Waals surface area contributed by atoms with Crippen molar-refractivity contribution in [1.82, 2.24) is 0 Å². The van der Waals surface area contributed by atoms with Gasteiger partial charge in [0.2, 0.25) is 10.0 Å². The number of nitrogens with zero attached hydrogens (tertiary/aromatic N) is 1. The summed E-state index contributed by atoms with van der Waals surface area (Å²) in [7, 11) is -3.36. The molecule has 0 fully saturated rings. The Kier molecular flexibility index (Phi) is 5.14. The number of Topliss-reactive ketones (excluding diaryl/α,β-unsaturated/α-hetero) is 1. The summed E-state index contributed by atoms with van der Waals surface area (Å²) in [5, 5.41) is 0.959. The number of carbonyl (C=O) groups is 2. The van der Waals surface area contributed by atoms with Crippen molar-refractivity contribution in [3.8, 4) is 0 Å². The van der Waals surface area contributed by atoms with Crippen molar-refractivity contribution < 1.29 is 22.7 Å². The van der Waals surface area contributed by atoms with Gasteiger partial charge in [-0.05, 0) is 54.1 Å². The van der Waals surface area contributed by atoms with Gasteiger partial charge in [-0.25, -0.2) is 13.2 Å². The fraction of sp³-hybridized carbons (Fsp3) is 0.238. The number of thiophene rings is 1. The molecule has 4 rings (SSSR count). The minimum Gasteiger partial charge on any atom is -0.453 e. The van der Waals surface area contributed by atoms with E-state index in [1.165, 1.54) is 21.9 Å². The molecule has 0 bridgehead atoms. The van der Waals surface area contributed by atoms with Crippen LogP contribution in [0.1, 0.15) is 32.0 Å². The van der Waals surface area contributed by atoms with Gasteiger partial charge in [0.25, 0.3) is 0 Å². The molecule has 29 heavy (non-hydrogen) atoms. The zero-order valence-corrected chi connectivity index (χ0v) is 17.4. The number of fused-ring (bicyclic) bond motifs is 2. The van der Waals surface area contributed by atoms with Crippen LogP contribution >= 0.6 is 11.3 Å². The van der Waals surface area contributed by atoms with Crippen LogP contribution in [-0.2, 0) is 21.2 Å². The van der Waals surface area contributed by atoms with Crippen molar-refractivity contribution in [3.05, 3.63) is 64.5 Å². The first-order chi connectivity index (χ1) is 13.8. The molecule has 6 nitrogen and oxygen atoms in total. The summed E-state index contributed by atoms with van der Waals surface area (Å²) in [6.45, 7) is 0.0769. The number of rotatable bonds is 5. The third kappa shape index (κ3) is 4.04. The molecule has 0 aliphatic carbocycles. The van der Waals surface area contributed by atoms with Crippen LogP contribution in [0.15, 0.2) is 48.5 Å². The Hall–Kier alpha value is -2.71. The Morgan fingerprint density at radius 2 is 1.93 bits per heavy atom. The number of carbonyl (C=O) groups excluding carboxylic acids is 2. The van der Waals surface area contributed by atoms with Crippen molar-refractivity contribution >= 4 is 48.9 Å². The average Bonchev–Trinajstić information content (AvgIpc) is 3.14. The predicted octanol–water partition coefficient (Wildman–Crippen LogP) is 3.65. The maximum Gasteiger partial charge on any atom is 0.348 e. The van der Waals surface area contributed by atoms with Crippen LogP contribution in [0, 0.1) is 0 Å². The molecule has 0 radical (unpaired) electrons. The lowest BCUT2D eigenvalue weighted by atomic mass is 9.99. The minimum absolute atomic E-state index is 0.321. The zero-order chi connectivity index (χ0) is 20.6. The number of ether oxygens (including phenoxy) is 1. The average molecular weight is 430 g/mol. The Balaban J connectivity index is 1.47. The number of hydrogen-bond acceptors (Lipinski definition) is 6. The predicted molar refractivity (Wildman–Crippen MR) is 113 cm³/mol. The summed E-state index contributed by atoms with van der Waals surface area (Å²) in [5.41, 5.74) is 1.82. The van der Waals surface area contributed by atoms with Gasteiger partial charge < -0.3 is 4.74 Å². The maximum absolute atomic E-state index is 12.5. The lowest BCUT2D eigenvalue weighted by Crippen LogP contribution is -2.34. The van der Waals surface area contributed by atoms with E-state index in [1.807, 2.05) is 24.3 Å². The Bertz CT molecular complexity index is 1180. The van der Waals surface area contributed by atoms with Gasteiger partial charge >= 0.3 is 5.97 Å². The topological polar surface area (TPSA) is 80.8 Å². The molecule has 0 atom stereocenters. The number of benzene rings is 2. The molecule has 0 unspecified atom stereocenters. The lowest BCUT2D eigenvalue weighted by Gasteiger charge is -2.29. The van der Waals surface area contributed by atoms with Crippen LogP contribution in [0.3, 0.4) is 0 Å². The molecule has 0 saturated carbocycles. The summed E-state index contributed by atoms with van der Waals surface area (Å²) in [4.78, 5) is 25.3. The summed E-state index contributed by atoms with van der Waals surface area (Å²) < 4.78 is 31.4. The molecule has 1 aromatic heterocycles. The molecule has 0 amide bonds. The first-order valence-electron chi connectivity index (χ1n) is 9.12. The van der Waals surface area contributed by atoms with E-state index in [4.69, 9.17) is 4.74 Å². The van der Waals surface area contributed by atoms with Crippen LogP contribution < -0.4 is 4.31 Å². The maximum atomic E-state index is 12.5. The second-order valence-electron chi connectivity index (χ2n) is 6.93. The van der Waals surface area contributed by atoms with Gasteiger partial charge in [-0.2, -0.15) is 0 Å². The zero-order valence-electron chi connectivity index (χ0n) is 15.8. The third-order valence-electron chi connectivity index (χ3n) is 4.84. The fourth-order valence-corrected chi connectivity index (χ4v) is 5.40. The van der Waals surface area contributed by atoms with Crippen LogP contribution in [0.4, 0.5) is 5.69 Å². The van der Waals surface area contributed by atoms with Crippen molar-refractivity contribution in [1.29, 1.82) is 0 Å². The summed E-state index contributed by atoms with van der Waals surface area (Å²) in [5.74, 6) is -0.848. The molecular formula is C21H19NO5S2. The monoisotopic (exact) mass is 429 g/mol. The second kappa shape index (κ2) is 7.61. The largest absolute Gasteiger partial charge is 0.453 e.